The highest BCUT2D eigenvalue weighted by Crippen LogP contribution is 2.10. The standard InChI is InChI=1S/C18H33N.ClH/c1-3-5-6-7-8-9-10-11-12-13-15-19-16-14-18(4-2)17-19;/h14,16-17H,3-13,15H2,1-2H3;1H. The van der Waals surface area contributed by atoms with E-state index in [4.69, 9.17) is 0 Å². The molecule has 0 fully saturated rings. The highest BCUT2D eigenvalue weighted by molar-refractivity contribution is 5.17. The van der Waals surface area contributed by atoms with E-state index in [1.165, 1.54) is 82.7 Å². The highest BCUT2D eigenvalue weighted by atomic mass is 35.5. The zero-order valence-electron chi connectivity index (χ0n) is 13.6. The molecule has 1 aliphatic rings. The van der Waals surface area contributed by atoms with E-state index in [0.29, 0.717) is 0 Å². The molecule has 20 heavy (non-hydrogen) atoms. The Bertz CT molecular complexity index is 271. The van der Waals surface area contributed by atoms with Crippen LogP contribution >= 0.6 is 0 Å². The molecule has 1 N–H and O–H groups in total. The van der Waals surface area contributed by atoms with Crippen LogP contribution in [-0.2, 0) is 0 Å². The highest BCUT2D eigenvalue weighted by Gasteiger charge is 2.08. The van der Waals surface area contributed by atoms with Crippen molar-refractivity contribution >= 4 is 0 Å². The summed E-state index contributed by atoms with van der Waals surface area (Å²) in [4.78, 5) is 1.55. The molecule has 0 radical (unpaired) electrons. The van der Waals surface area contributed by atoms with E-state index >= 15 is 0 Å². The first-order chi connectivity index (χ1) is 9.36. The molecule has 0 aliphatic carbocycles. The Kier molecular flexibility index (Phi) is 13.5. The smallest absolute Gasteiger partial charge is 0.102 e. The van der Waals surface area contributed by atoms with E-state index in [2.05, 4.69) is 32.3 Å². The first-order valence-electron chi connectivity index (χ1n) is 8.61. The van der Waals surface area contributed by atoms with Crippen molar-refractivity contribution in [2.75, 3.05) is 6.54 Å². The van der Waals surface area contributed by atoms with Crippen molar-refractivity contribution in [3.05, 3.63) is 24.0 Å². The van der Waals surface area contributed by atoms with Crippen LogP contribution in [0.3, 0.4) is 0 Å². The molecule has 0 saturated carbocycles. The Hall–Kier alpha value is -0.270. The first kappa shape index (κ1) is 19.7. The van der Waals surface area contributed by atoms with Crippen LogP contribution in [0.5, 0.6) is 0 Å². The van der Waals surface area contributed by atoms with Gasteiger partial charge in [-0.25, -0.2) is 0 Å². The molecule has 1 nitrogen and oxygen atoms in total. The molecule has 0 amide bonds. The summed E-state index contributed by atoms with van der Waals surface area (Å²) in [6.07, 6.45) is 22.5. The Morgan fingerprint density at radius 3 is 1.85 bits per heavy atom. The van der Waals surface area contributed by atoms with E-state index in [-0.39, 0.29) is 12.4 Å². The number of quaternary nitrogens is 1. The number of rotatable bonds is 12. The molecule has 1 aliphatic heterocycles. The lowest BCUT2D eigenvalue weighted by Crippen LogP contribution is -3.01. The average molecular weight is 300 g/mol. The number of hydrogen-bond donors (Lipinski definition) is 1. The molecule has 0 bridgehead atoms. The van der Waals surface area contributed by atoms with Crippen LogP contribution in [0.25, 0.3) is 0 Å². The fraction of sp³-hybridized carbons (Fsp3) is 0.778. The second-order valence-electron chi connectivity index (χ2n) is 5.91. The van der Waals surface area contributed by atoms with Gasteiger partial charge >= 0.3 is 0 Å². The maximum atomic E-state index is 2.38. The molecule has 0 aromatic rings. The fourth-order valence-electron chi connectivity index (χ4n) is 2.74. The third-order valence-electron chi connectivity index (χ3n) is 4.11. The molecule has 118 valence electrons. The lowest BCUT2D eigenvalue weighted by atomic mass is 10.1. The van der Waals surface area contributed by atoms with Gasteiger partial charge in [-0.2, -0.15) is 0 Å². The zero-order valence-corrected chi connectivity index (χ0v) is 14.4. The lowest BCUT2D eigenvalue weighted by molar-refractivity contribution is -0.788. The molecule has 0 aromatic heterocycles. The summed E-state index contributed by atoms with van der Waals surface area (Å²) in [5.74, 6) is 0. The average Bonchev–Trinajstić information content (AvgIpc) is 2.89. The Morgan fingerprint density at radius 2 is 1.35 bits per heavy atom. The van der Waals surface area contributed by atoms with Gasteiger partial charge in [0.2, 0.25) is 0 Å². The van der Waals surface area contributed by atoms with Crippen LogP contribution in [0.15, 0.2) is 24.0 Å². The van der Waals surface area contributed by atoms with Crippen LogP contribution in [-0.4, -0.2) is 6.54 Å². The normalized spacial score (nSPS) is 17.1. The summed E-state index contributed by atoms with van der Waals surface area (Å²) in [5, 5.41) is 0. The Labute approximate surface area is 132 Å². The molecule has 1 heterocycles. The topological polar surface area (TPSA) is 4.44 Å². The summed E-state index contributed by atoms with van der Waals surface area (Å²) < 4.78 is 0. The second-order valence-corrected chi connectivity index (χ2v) is 5.91. The van der Waals surface area contributed by atoms with Crippen molar-refractivity contribution in [2.45, 2.75) is 84.5 Å². The summed E-state index contributed by atoms with van der Waals surface area (Å²) in [7, 11) is 0. The third-order valence-corrected chi connectivity index (χ3v) is 4.11. The summed E-state index contributed by atoms with van der Waals surface area (Å²) in [6.45, 7) is 5.81. The molecule has 1 atom stereocenters. The summed E-state index contributed by atoms with van der Waals surface area (Å²) in [6, 6.07) is 0. The van der Waals surface area contributed by atoms with E-state index in [0.717, 1.165) is 0 Å². The van der Waals surface area contributed by atoms with Crippen molar-refractivity contribution in [3.63, 3.8) is 0 Å². The largest absolute Gasteiger partial charge is 1.00 e. The van der Waals surface area contributed by atoms with Gasteiger partial charge in [0, 0.05) is 11.6 Å². The molecule has 0 spiro atoms. The Morgan fingerprint density at radius 1 is 0.800 bits per heavy atom. The van der Waals surface area contributed by atoms with Gasteiger partial charge in [-0.1, -0.05) is 65.2 Å². The minimum Gasteiger partial charge on any atom is -1.00 e. The van der Waals surface area contributed by atoms with Gasteiger partial charge < -0.3 is 12.4 Å². The van der Waals surface area contributed by atoms with Gasteiger partial charge in [0.25, 0.3) is 0 Å². The summed E-state index contributed by atoms with van der Waals surface area (Å²) in [5.41, 5.74) is 1.50. The number of unbranched alkanes of at least 4 members (excludes halogenated alkanes) is 9. The SMILES string of the molecule is CCCCCCCCCCCC[NH+]1C=CC(CC)=C1.[Cl-]. The van der Waals surface area contributed by atoms with Gasteiger partial charge in [-0.3, -0.25) is 4.90 Å². The van der Waals surface area contributed by atoms with Crippen LogP contribution in [0.4, 0.5) is 0 Å². The van der Waals surface area contributed by atoms with Gasteiger partial charge in [0.05, 0.1) is 12.7 Å². The van der Waals surface area contributed by atoms with Gasteiger partial charge in [-0.05, 0) is 19.3 Å². The van der Waals surface area contributed by atoms with E-state index in [1.807, 2.05) is 0 Å². The molecular formula is C18H34ClN. The van der Waals surface area contributed by atoms with Gasteiger partial charge in [0.15, 0.2) is 0 Å². The minimum absolute atomic E-state index is 0. The van der Waals surface area contributed by atoms with Crippen LogP contribution in [0.1, 0.15) is 84.5 Å². The minimum atomic E-state index is 0. The fourth-order valence-corrected chi connectivity index (χ4v) is 2.74. The van der Waals surface area contributed by atoms with E-state index in [1.54, 1.807) is 4.90 Å². The molecule has 1 rings (SSSR count). The predicted molar refractivity (Wildman–Crippen MR) is 85.2 cm³/mol. The van der Waals surface area contributed by atoms with Crippen LogP contribution < -0.4 is 17.3 Å². The third kappa shape index (κ3) is 9.61. The first-order valence-corrected chi connectivity index (χ1v) is 8.61. The number of nitrogens with one attached hydrogen (secondary N) is 1. The van der Waals surface area contributed by atoms with E-state index in [9.17, 15) is 0 Å². The molecular weight excluding hydrogens is 266 g/mol. The quantitative estimate of drug-likeness (QED) is 0.522. The molecule has 0 saturated heterocycles. The van der Waals surface area contributed by atoms with Crippen molar-refractivity contribution < 1.29 is 17.3 Å². The zero-order chi connectivity index (χ0) is 13.8. The predicted octanol–water partition coefficient (Wildman–Crippen LogP) is 1.62. The molecule has 2 heteroatoms. The van der Waals surface area contributed by atoms with Crippen molar-refractivity contribution in [1.82, 2.24) is 0 Å². The molecule has 0 aromatic carbocycles. The molecule has 1 unspecified atom stereocenters. The second kappa shape index (κ2) is 13.7. The van der Waals surface area contributed by atoms with E-state index < -0.39 is 0 Å². The summed E-state index contributed by atoms with van der Waals surface area (Å²) >= 11 is 0. The van der Waals surface area contributed by atoms with Crippen molar-refractivity contribution in [3.8, 4) is 0 Å². The van der Waals surface area contributed by atoms with Crippen LogP contribution in [0, 0.1) is 0 Å². The van der Waals surface area contributed by atoms with Crippen molar-refractivity contribution in [2.24, 2.45) is 0 Å². The van der Waals surface area contributed by atoms with Crippen LogP contribution in [0.2, 0.25) is 0 Å². The maximum Gasteiger partial charge on any atom is 0.102 e. The van der Waals surface area contributed by atoms with Gasteiger partial charge in [-0.15, -0.1) is 0 Å². The monoisotopic (exact) mass is 299 g/mol. The lowest BCUT2D eigenvalue weighted by Gasteiger charge is -2.06. The number of halogens is 1. The van der Waals surface area contributed by atoms with Gasteiger partial charge in [0.1, 0.15) is 6.20 Å². The number of hydrogen-bond acceptors (Lipinski definition) is 0. The van der Waals surface area contributed by atoms with Crippen molar-refractivity contribution in [1.29, 1.82) is 0 Å². The number of allylic oxidation sites excluding steroid dienone is 2. The maximum absolute atomic E-state index is 2.38. The Balaban J connectivity index is 0.00000361.